The number of aromatic nitrogens is 2. The molecule has 0 bridgehead atoms. The normalized spacial score (nSPS) is 10.5. The van der Waals surface area contributed by atoms with Crippen molar-refractivity contribution in [3.8, 4) is 0 Å². The Bertz CT molecular complexity index is 624. The lowest BCUT2D eigenvalue weighted by atomic mass is 10.2. The standard InChI is InChI=1S/C13H14BrN3OS/c1-3-10-11(7-17(2)16-10)15-13(18)9-5-4-8(14)6-12(9)19/h4-7,19H,3H2,1-2H3,(H,15,18). The highest BCUT2D eigenvalue weighted by molar-refractivity contribution is 9.10. The summed E-state index contributed by atoms with van der Waals surface area (Å²) in [5.74, 6) is -0.180. The zero-order valence-electron chi connectivity index (χ0n) is 10.6. The summed E-state index contributed by atoms with van der Waals surface area (Å²) >= 11 is 7.66. The lowest BCUT2D eigenvalue weighted by Gasteiger charge is -2.07. The van der Waals surface area contributed by atoms with Crippen molar-refractivity contribution in [2.45, 2.75) is 18.2 Å². The van der Waals surface area contributed by atoms with Crippen LogP contribution in [0.1, 0.15) is 23.0 Å². The number of thiol groups is 1. The molecule has 0 aliphatic carbocycles. The van der Waals surface area contributed by atoms with Gasteiger partial charge in [-0.2, -0.15) is 5.10 Å². The molecule has 1 amide bonds. The van der Waals surface area contributed by atoms with Gasteiger partial charge in [-0.15, -0.1) is 12.6 Å². The summed E-state index contributed by atoms with van der Waals surface area (Å²) in [7, 11) is 1.83. The zero-order chi connectivity index (χ0) is 14.0. The molecule has 1 aromatic carbocycles. The molecule has 0 saturated heterocycles. The van der Waals surface area contributed by atoms with E-state index in [0.717, 1.165) is 22.3 Å². The van der Waals surface area contributed by atoms with E-state index in [9.17, 15) is 4.79 Å². The molecule has 0 aliphatic heterocycles. The van der Waals surface area contributed by atoms with Gasteiger partial charge in [-0.3, -0.25) is 9.48 Å². The summed E-state index contributed by atoms with van der Waals surface area (Å²) in [6.45, 7) is 2.00. The predicted octanol–water partition coefficient (Wildman–Crippen LogP) is 3.29. The first-order valence-corrected chi connectivity index (χ1v) is 7.07. The molecule has 2 aromatic rings. The Morgan fingerprint density at radius 3 is 2.89 bits per heavy atom. The number of nitrogens with one attached hydrogen (secondary N) is 1. The average molecular weight is 340 g/mol. The third-order valence-electron chi connectivity index (χ3n) is 2.69. The van der Waals surface area contributed by atoms with Crippen molar-refractivity contribution in [3.63, 3.8) is 0 Å². The third kappa shape index (κ3) is 3.19. The monoisotopic (exact) mass is 339 g/mol. The van der Waals surface area contributed by atoms with E-state index in [4.69, 9.17) is 0 Å². The predicted molar refractivity (Wildman–Crippen MR) is 81.9 cm³/mol. The molecule has 0 fully saturated rings. The Balaban J connectivity index is 2.25. The number of hydrogen-bond donors (Lipinski definition) is 2. The van der Waals surface area contributed by atoms with Gasteiger partial charge < -0.3 is 5.32 Å². The lowest BCUT2D eigenvalue weighted by Crippen LogP contribution is -2.13. The molecule has 0 unspecified atom stereocenters. The Labute approximate surface area is 125 Å². The smallest absolute Gasteiger partial charge is 0.256 e. The van der Waals surface area contributed by atoms with Crippen LogP contribution in [0.5, 0.6) is 0 Å². The number of benzene rings is 1. The molecule has 0 radical (unpaired) electrons. The van der Waals surface area contributed by atoms with E-state index in [1.165, 1.54) is 0 Å². The number of amides is 1. The molecule has 4 nitrogen and oxygen atoms in total. The molecule has 100 valence electrons. The van der Waals surface area contributed by atoms with E-state index in [2.05, 4.69) is 39.0 Å². The van der Waals surface area contributed by atoms with Crippen LogP contribution < -0.4 is 5.32 Å². The van der Waals surface area contributed by atoms with Gasteiger partial charge in [0.05, 0.1) is 16.9 Å². The van der Waals surface area contributed by atoms with Crippen LogP contribution in [0.15, 0.2) is 33.8 Å². The molecule has 19 heavy (non-hydrogen) atoms. The zero-order valence-corrected chi connectivity index (χ0v) is 13.1. The largest absolute Gasteiger partial charge is 0.319 e. The summed E-state index contributed by atoms with van der Waals surface area (Å²) in [4.78, 5) is 12.8. The van der Waals surface area contributed by atoms with Gasteiger partial charge in [0, 0.05) is 22.6 Å². The quantitative estimate of drug-likeness (QED) is 0.843. The molecule has 0 atom stereocenters. The maximum Gasteiger partial charge on any atom is 0.256 e. The molecule has 0 aliphatic rings. The van der Waals surface area contributed by atoms with Crippen molar-refractivity contribution in [3.05, 3.63) is 40.1 Å². The lowest BCUT2D eigenvalue weighted by molar-refractivity contribution is 0.102. The van der Waals surface area contributed by atoms with Crippen molar-refractivity contribution in [1.82, 2.24) is 9.78 Å². The Morgan fingerprint density at radius 1 is 1.53 bits per heavy atom. The second kappa shape index (κ2) is 5.79. The van der Waals surface area contributed by atoms with Crippen LogP contribution in [-0.2, 0) is 13.5 Å². The fourth-order valence-electron chi connectivity index (χ4n) is 1.79. The first-order valence-electron chi connectivity index (χ1n) is 5.83. The second-order valence-corrected chi connectivity index (χ2v) is 5.53. The van der Waals surface area contributed by atoms with Gasteiger partial charge >= 0.3 is 0 Å². The molecule has 6 heteroatoms. The molecular formula is C13H14BrN3OS. The van der Waals surface area contributed by atoms with Crippen LogP contribution in [-0.4, -0.2) is 15.7 Å². The van der Waals surface area contributed by atoms with Crippen molar-refractivity contribution in [2.75, 3.05) is 5.32 Å². The third-order valence-corrected chi connectivity index (χ3v) is 3.56. The maximum absolute atomic E-state index is 12.2. The highest BCUT2D eigenvalue weighted by Gasteiger charge is 2.13. The minimum atomic E-state index is -0.180. The molecule has 1 N–H and O–H groups in total. The number of carbonyl (C=O) groups is 1. The highest BCUT2D eigenvalue weighted by atomic mass is 79.9. The van der Waals surface area contributed by atoms with Crippen molar-refractivity contribution in [2.24, 2.45) is 7.05 Å². The molecule has 0 saturated carbocycles. The van der Waals surface area contributed by atoms with Gasteiger partial charge in [-0.25, -0.2) is 0 Å². The number of halogens is 1. The molecule has 0 spiro atoms. The minimum Gasteiger partial charge on any atom is -0.319 e. The average Bonchev–Trinajstić information content (AvgIpc) is 2.69. The Morgan fingerprint density at radius 2 is 2.26 bits per heavy atom. The molecule has 1 aromatic heterocycles. The number of anilines is 1. The summed E-state index contributed by atoms with van der Waals surface area (Å²) in [5.41, 5.74) is 2.15. The van der Waals surface area contributed by atoms with E-state index >= 15 is 0 Å². The topological polar surface area (TPSA) is 46.9 Å². The number of nitrogens with zero attached hydrogens (tertiary/aromatic N) is 2. The fourth-order valence-corrected chi connectivity index (χ4v) is 2.64. The first kappa shape index (κ1) is 14.1. The van der Waals surface area contributed by atoms with E-state index in [1.54, 1.807) is 23.0 Å². The number of rotatable bonds is 3. The van der Waals surface area contributed by atoms with Crippen LogP contribution in [0.3, 0.4) is 0 Å². The van der Waals surface area contributed by atoms with Crippen LogP contribution in [0.2, 0.25) is 0 Å². The summed E-state index contributed by atoms with van der Waals surface area (Å²) in [5, 5.41) is 7.16. The van der Waals surface area contributed by atoms with E-state index in [0.29, 0.717) is 10.5 Å². The van der Waals surface area contributed by atoms with E-state index < -0.39 is 0 Å². The first-order chi connectivity index (χ1) is 9.01. The van der Waals surface area contributed by atoms with E-state index in [-0.39, 0.29) is 5.91 Å². The van der Waals surface area contributed by atoms with Gasteiger partial charge in [-0.1, -0.05) is 22.9 Å². The van der Waals surface area contributed by atoms with Crippen molar-refractivity contribution in [1.29, 1.82) is 0 Å². The SMILES string of the molecule is CCc1nn(C)cc1NC(=O)c1ccc(Br)cc1S. The number of carbonyl (C=O) groups excluding carboxylic acids is 1. The van der Waals surface area contributed by atoms with Crippen LogP contribution in [0.25, 0.3) is 0 Å². The Hall–Kier alpha value is -1.27. The fraction of sp³-hybridized carbons (Fsp3) is 0.231. The molecular weight excluding hydrogens is 326 g/mol. The van der Waals surface area contributed by atoms with Crippen LogP contribution in [0.4, 0.5) is 5.69 Å². The molecule has 2 rings (SSSR count). The van der Waals surface area contributed by atoms with E-state index in [1.807, 2.05) is 20.0 Å². The van der Waals surface area contributed by atoms with Gasteiger partial charge in [0.2, 0.25) is 0 Å². The van der Waals surface area contributed by atoms with Crippen molar-refractivity contribution >= 4 is 40.2 Å². The van der Waals surface area contributed by atoms with Gasteiger partial charge in [0.15, 0.2) is 0 Å². The number of hydrogen-bond acceptors (Lipinski definition) is 3. The Kier molecular flexibility index (Phi) is 4.31. The molecule has 1 heterocycles. The van der Waals surface area contributed by atoms with Crippen LogP contribution in [0, 0.1) is 0 Å². The number of aryl methyl sites for hydroxylation is 2. The minimum absolute atomic E-state index is 0.180. The summed E-state index contributed by atoms with van der Waals surface area (Å²) < 4.78 is 2.59. The highest BCUT2D eigenvalue weighted by Crippen LogP contribution is 2.22. The summed E-state index contributed by atoms with van der Waals surface area (Å²) in [6.07, 6.45) is 2.57. The van der Waals surface area contributed by atoms with Gasteiger partial charge in [0.25, 0.3) is 5.91 Å². The van der Waals surface area contributed by atoms with Gasteiger partial charge in [-0.05, 0) is 24.6 Å². The summed E-state index contributed by atoms with van der Waals surface area (Å²) in [6, 6.07) is 5.35. The second-order valence-electron chi connectivity index (χ2n) is 4.13. The van der Waals surface area contributed by atoms with Crippen molar-refractivity contribution < 1.29 is 4.79 Å². The maximum atomic E-state index is 12.2. The van der Waals surface area contributed by atoms with Gasteiger partial charge in [0.1, 0.15) is 0 Å². The van der Waals surface area contributed by atoms with Crippen LogP contribution >= 0.6 is 28.6 Å².